The van der Waals surface area contributed by atoms with Gasteiger partial charge in [0, 0.05) is 0 Å². The van der Waals surface area contributed by atoms with Crippen LogP contribution in [0.4, 0.5) is 13.2 Å². The number of alkyl halides is 3. The van der Waals surface area contributed by atoms with Gasteiger partial charge in [0.05, 0.1) is 18.1 Å². The second kappa shape index (κ2) is 7.48. The summed E-state index contributed by atoms with van der Waals surface area (Å²) in [5.41, 5.74) is -5.28. The van der Waals surface area contributed by atoms with Crippen molar-refractivity contribution in [2.75, 3.05) is 13.2 Å². The fourth-order valence-electron chi connectivity index (χ4n) is 1.28. The Kier molecular flexibility index (Phi) is 6.77. The highest BCUT2D eigenvalue weighted by Gasteiger charge is 2.39. The summed E-state index contributed by atoms with van der Waals surface area (Å²) in [6, 6.07) is 0. The fraction of sp³-hybridized carbons (Fsp3) is 0.556. The lowest BCUT2D eigenvalue weighted by Gasteiger charge is -2.19. The second-order valence-electron chi connectivity index (χ2n) is 3.32. The maximum atomic E-state index is 12.6. The van der Waals surface area contributed by atoms with Crippen molar-refractivity contribution < 1.29 is 26.8 Å². The van der Waals surface area contributed by atoms with Crippen LogP contribution < -0.4 is 5.44 Å². The third kappa shape index (κ3) is 5.26. The maximum absolute atomic E-state index is 12.6. The van der Waals surface area contributed by atoms with Crippen molar-refractivity contribution in [2.45, 2.75) is 24.3 Å². The van der Waals surface area contributed by atoms with Gasteiger partial charge in [0.1, 0.15) is 5.15 Å². The summed E-state index contributed by atoms with van der Waals surface area (Å²) >= 11 is 10.6. The van der Waals surface area contributed by atoms with Gasteiger partial charge in [0.25, 0.3) is 0 Å². The minimum atomic E-state index is -4.68. The van der Waals surface area contributed by atoms with Crippen molar-refractivity contribution in [1.82, 2.24) is 9.97 Å². The minimum absolute atomic E-state index is 0.0629. The molecular weight excluding hydrogens is 375 g/mol. The SMILES string of the molecule is CCOP(=O)(OCC)c1nc(Cl)nc(Cl)c1SC(F)(F)F. The first kappa shape index (κ1) is 19.0. The van der Waals surface area contributed by atoms with Crippen LogP contribution in [0.15, 0.2) is 4.90 Å². The van der Waals surface area contributed by atoms with Crippen molar-refractivity contribution in [2.24, 2.45) is 0 Å². The molecule has 1 aromatic heterocycles. The second-order valence-corrected chi connectivity index (χ2v) is 7.02. The molecule has 1 aromatic rings. The summed E-state index contributed by atoms with van der Waals surface area (Å²) in [5.74, 6) is 0. The van der Waals surface area contributed by atoms with Crippen LogP contribution >= 0.6 is 42.6 Å². The molecule has 0 aliphatic rings. The Labute approximate surface area is 133 Å². The van der Waals surface area contributed by atoms with E-state index in [0.29, 0.717) is 0 Å². The van der Waals surface area contributed by atoms with E-state index in [9.17, 15) is 17.7 Å². The summed E-state index contributed by atoms with van der Waals surface area (Å²) in [6.45, 7) is 2.89. The molecule has 0 aliphatic carbocycles. The molecule has 0 fully saturated rings. The van der Waals surface area contributed by atoms with Gasteiger partial charge in [-0.05, 0) is 37.2 Å². The fourth-order valence-corrected chi connectivity index (χ4v) is 4.44. The number of hydrogen-bond acceptors (Lipinski definition) is 6. The van der Waals surface area contributed by atoms with Gasteiger partial charge in [-0.1, -0.05) is 11.6 Å². The average Bonchev–Trinajstić information content (AvgIpc) is 2.31. The quantitative estimate of drug-likeness (QED) is 0.315. The van der Waals surface area contributed by atoms with E-state index in [-0.39, 0.29) is 13.2 Å². The molecule has 0 atom stereocenters. The highest BCUT2D eigenvalue weighted by molar-refractivity contribution is 8.00. The molecule has 21 heavy (non-hydrogen) atoms. The molecule has 120 valence electrons. The van der Waals surface area contributed by atoms with Crippen molar-refractivity contribution in [1.29, 1.82) is 0 Å². The van der Waals surface area contributed by atoms with E-state index in [1.807, 2.05) is 0 Å². The van der Waals surface area contributed by atoms with Crippen LogP contribution in [0.1, 0.15) is 13.8 Å². The van der Waals surface area contributed by atoms with Gasteiger partial charge in [-0.3, -0.25) is 4.57 Å². The summed E-state index contributed by atoms with van der Waals surface area (Å²) in [7, 11) is -4.09. The number of halogens is 5. The number of rotatable bonds is 6. The summed E-state index contributed by atoms with van der Waals surface area (Å²) in [6.07, 6.45) is 0. The Morgan fingerprint density at radius 2 is 1.71 bits per heavy atom. The lowest BCUT2D eigenvalue weighted by molar-refractivity contribution is -0.0328. The van der Waals surface area contributed by atoms with Crippen molar-refractivity contribution in [3.05, 3.63) is 10.4 Å². The molecule has 0 spiro atoms. The first-order valence-corrected chi connectivity index (χ1v) is 8.63. The van der Waals surface area contributed by atoms with Gasteiger partial charge in [-0.15, -0.1) is 0 Å². The third-order valence-electron chi connectivity index (χ3n) is 1.85. The van der Waals surface area contributed by atoms with Gasteiger partial charge < -0.3 is 9.05 Å². The van der Waals surface area contributed by atoms with E-state index >= 15 is 0 Å². The zero-order valence-electron chi connectivity index (χ0n) is 10.8. The topological polar surface area (TPSA) is 61.3 Å². The molecule has 1 rings (SSSR count). The molecule has 0 unspecified atom stereocenters. The Hall–Kier alpha value is -0.0500. The third-order valence-corrected chi connectivity index (χ3v) is 5.42. The van der Waals surface area contributed by atoms with E-state index < -0.39 is 45.6 Å². The molecule has 0 N–H and O–H groups in total. The molecule has 0 radical (unpaired) electrons. The Morgan fingerprint density at radius 3 is 2.14 bits per heavy atom. The molecule has 0 aliphatic heterocycles. The number of thioether (sulfide) groups is 1. The van der Waals surface area contributed by atoms with E-state index in [1.165, 1.54) is 13.8 Å². The molecular formula is C9H10Cl2F3N2O3PS. The predicted molar refractivity (Wildman–Crippen MR) is 74.5 cm³/mol. The van der Waals surface area contributed by atoms with Crippen LogP contribution in [0.2, 0.25) is 10.4 Å². The van der Waals surface area contributed by atoms with E-state index in [0.717, 1.165) is 0 Å². The molecule has 12 heteroatoms. The molecule has 0 aromatic carbocycles. The van der Waals surface area contributed by atoms with Crippen molar-refractivity contribution >= 4 is 48.0 Å². The Balaban J connectivity index is 3.47. The van der Waals surface area contributed by atoms with Crippen LogP contribution in [0.5, 0.6) is 0 Å². The molecule has 0 saturated heterocycles. The minimum Gasteiger partial charge on any atom is -0.304 e. The average molecular weight is 385 g/mol. The van der Waals surface area contributed by atoms with Crippen LogP contribution in [-0.4, -0.2) is 28.7 Å². The molecule has 5 nitrogen and oxygen atoms in total. The zero-order chi connectivity index (χ0) is 16.3. The largest absolute Gasteiger partial charge is 0.446 e. The van der Waals surface area contributed by atoms with Crippen LogP contribution in [-0.2, 0) is 13.6 Å². The normalized spacial score (nSPS) is 12.7. The maximum Gasteiger partial charge on any atom is 0.446 e. The van der Waals surface area contributed by atoms with Gasteiger partial charge in [-0.25, -0.2) is 9.97 Å². The van der Waals surface area contributed by atoms with Crippen LogP contribution in [0.25, 0.3) is 0 Å². The predicted octanol–water partition coefficient (Wildman–Crippen LogP) is 4.29. The first-order chi connectivity index (χ1) is 9.63. The highest BCUT2D eigenvalue weighted by Crippen LogP contribution is 2.51. The smallest absolute Gasteiger partial charge is 0.304 e. The first-order valence-electron chi connectivity index (χ1n) is 5.51. The summed E-state index contributed by atoms with van der Waals surface area (Å²) < 4.78 is 60.3. The standard InChI is InChI=1S/C9H10Cl2F3N2O3PS/c1-3-18-20(17,19-4-2)7-5(21-9(12,13)14)6(10)15-8(11)16-7/h3-4H2,1-2H3. The Bertz CT molecular complexity index is 552. The highest BCUT2D eigenvalue weighted by atomic mass is 35.5. The number of nitrogens with zero attached hydrogens (tertiary/aromatic N) is 2. The van der Waals surface area contributed by atoms with Crippen LogP contribution in [0.3, 0.4) is 0 Å². The van der Waals surface area contributed by atoms with Gasteiger partial charge in [0.15, 0.2) is 5.44 Å². The number of aromatic nitrogens is 2. The molecule has 0 bridgehead atoms. The Morgan fingerprint density at radius 1 is 1.19 bits per heavy atom. The van der Waals surface area contributed by atoms with E-state index in [1.54, 1.807) is 0 Å². The van der Waals surface area contributed by atoms with Crippen molar-refractivity contribution in [3.63, 3.8) is 0 Å². The van der Waals surface area contributed by atoms with Crippen molar-refractivity contribution in [3.8, 4) is 0 Å². The van der Waals surface area contributed by atoms with Gasteiger partial charge in [0.2, 0.25) is 5.28 Å². The van der Waals surface area contributed by atoms with Gasteiger partial charge in [-0.2, -0.15) is 13.2 Å². The summed E-state index contributed by atoms with van der Waals surface area (Å²) in [4.78, 5) is 6.33. The van der Waals surface area contributed by atoms with E-state index in [2.05, 4.69) is 9.97 Å². The molecule has 1 heterocycles. The molecule has 0 saturated carbocycles. The van der Waals surface area contributed by atoms with Crippen LogP contribution in [0, 0.1) is 0 Å². The lowest BCUT2D eigenvalue weighted by atomic mass is 10.7. The van der Waals surface area contributed by atoms with Gasteiger partial charge >= 0.3 is 13.1 Å². The monoisotopic (exact) mass is 384 g/mol. The lowest BCUT2D eigenvalue weighted by Crippen LogP contribution is -2.20. The molecule has 0 amide bonds. The summed E-state index contributed by atoms with van der Waals surface area (Å²) in [5, 5.41) is -1.03. The zero-order valence-corrected chi connectivity index (χ0v) is 14.0. The number of hydrogen-bond donors (Lipinski definition) is 0. The van der Waals surface area contributed by atoms with E-state index in [4.69, 9.17) is 32.2 Å².